The Morgan fingerprint density at radius 2 is 2.00 bits per heavy atom. The summed E-state index contributed by atoms with van der Waals surface area (Å²) in [5, 5.41) is 9.18. The van der Waals surface area contributed by atoms with E-state index >= 15 is 0 Å². The van der Waals surface area contributed by atoms with Gasteiger partial charge in [0, 0.05) is 31.1 Å². The summed E-state index contributed by atoms with van der Waals surface area (Å²) < 4.78 is 17.1. The van der Waals surface area contributed by atoms with E-state index in [1.807, 2.05) is 31.9 Å². The minimum Gasteiger partial charge on any atom is -0.496 e. The molecule has 0 aliphatic carbocycles. The van der Waals surface area contributed by atoms with Crippen molar-refractivity contribution in [1.82, 2.24) is 4.90 Å². The van der Waals surface area contributed by atoms with Crippen LogP contribution in [0.15, 0.2) is 11.6 Å². The van der Waals surface area contributed by atoms with Crippen molar-refractivity contribution in [3.63, 3.8) is 0 Å². The highest BCUT2D eigenvalue weighted by Crippen LogP contribution is 2.43. The Hall–Kier alpha value is -2.61. The van der Waals surface area contributed by atoms with E-state index in [1.54, 1.807) is 7.11 Å². The van der Waals surface area contributed by atoms with E-state index < -0.39 is 11.9 Å². The van der Waals surface area contributed by atoms with Crippen LogP contribution in [0.1, 0.15) is 60.7 Å². The van der Waals surface area contributed by atoms with E-state index in [0.29, 0.717) is 47.9 Å². The van der Waals surface area contributed by atoms with Crippen LogP contribution in [0.5, 0.6) is 11.5 Å². The van der Waals surface area contributed by atoms with Crippen LogP contribution in [0.2, 0.25) is 0 Å². The molecule has 2 rings (SSSR count). The van der Waals surface area contributed by atoms with Crippen LogP contribution < -0.4 is 9.47 Å². The highest BCUT2D eigenvalue weighted by Gasteiger charge is 2.34. The number of carbonyl (C=O) groups is 2. The molecule has 1 heterocycles. The molecule has 1 aliphatic heterocycles. The molecule has 0 amide bonds. The zero-order valence-corrected chi connectivity index (χ0v) is 19.9. The first-order valence-corrected chi connectivity index (χ1v) is 10.7. The summed E-state index contributed by atoms with van der Waals surface area (Å²) >= 11 is 5.50. The molecule has 0 aromatic heterocycles. The fraction of sp³-hybridized carbons (Fsp3) is 0.522. The Kier molecular flexibility index (Phi) is 8.44. The first-order chi connectivity index (χ1) is 14.6. The van der Waals surface area contributed by atoms with Crippen LogP contribution in [-0.4, -0.2) is 47.8 Å². The number of hydrogen-bond donors (Lipinski definition) is 1. The molecule has 170 valence electrons. The van der Waals surface area contributed by atoms with E-state index in [-0.39, 0.29) is 18.2 Å². The Labute approximate surface area is 189 Å². The molecule has 0 bridgehead atoms. The summed E-state index contributed by atoms with van der Waals surface area (Å²) in [5.41, 5.74) is 3.55. The number of nitrogens with zero attached hydrogens (tertiary/aromatic N) is 1. The fourth-order valence-corrected chi connectivity index (χ4v) is 3.75. The maximum Gasteiger partial charge on any atom is 0.342 e. The van der Waals surface area contributed by atoms with E-state index in [2.05, 4.69) is 13.8 Å². The lowest BCUT2D eigenvalue weighted by Crippen LogP contribution is -2.33. The first-order valence-electron chi connectivity index (χ1n) is 10.3. The number of ether oxygens (including phenoxy) is 3. The molecular weight excluding hydrogens is 418 g/mol. The van der Waals surface area contributed by atoms with Gasteiger partial charge < -0.3 is 24.2 Å². The number of carbonyl (C=O) groups excluding carboxylic acids is 1. The molecule has 1 aromatic carbocycles. The summed E-state index contributed by atoms with van der Waals surface area (Å²) in [5.74, 6) is 0.0578. The van der Waals surface area contributed by atoms with Crippen molar-refractivity contribution in [2.75, 3.05) is 20.7 Å². The third-order valence-electron chi connectivity index (χ3n) is 5.15. The minimum atomic E-state index is -0.844. The van der Waals surface area contributed by atoms with Crippen LogP contribution in [0.25, 0.3) is 0 Å². The van der Waals surface area contributed by atoms with Gasteiger partial charge in [-0.3, -0.25) is 4.79 Å². The van der Waals surface area contributed by atoms with Gasteiger partial charge in [-0.2, -0.15) is 0 Å². The summed E-state index contributed by atoms with van der Waals surface area (Å²) in [6.45, 7) is 8.80. The van der Waals surface area contributed by atoms with Crippen molar-refractivity contribution in [2.45, 2.75) is 53.6 Å². The zero-order valence-electron chi connectivity index (χ0n) is 19.0. The number of thiocarbonyl (C=S) groups is 1. The van der Waals surface area contributed by atoms with Crippen molar-refractivity contribution >= 4 is 29.3 Å². The number of cyclic esters (lactones) is 1. The Morgan fingerprint density at radius 1 is 1.32 bits per heavy atom. The summed E-state index contributed by atoms with van der Waals surface area (Å²) in [6, 6.07) is 0. The molecule has 0 spiro atoms. The van der Waals surface area contributed by atoms with Gasteiger partial charge in [-0.15, -0.1) is 0 Å². The second-order valence-electron chi connectivity index (χ2n) is 8.19. The SMILES string of the molecule is COc1c(C)c2c(c(OC(=S)N(C)CC(C)C)c1CC=C(C)CCC(=O)O)C(=O)OC2. The van der Waals surface area contributed by atoms with Crippen molar-refractivity contribution < 1.29 is 28.9 Å². The van der Waals surface area contributed by atoms with Gasteiger partial charge in [-0.05, 0) is 50.4 Å². The number of benzene rings is 1. The van der Waals surface area contributed by atoms with Gasteiger partial charge in [0.05, 0.1) is 7.11 Å². The van der Waals surface area contributed by atoms with Crippen molar-refractivity contribution in [3.8, 4) is 11.5 Å². The van der Waals surface area contributed by atoms with Crippen LogP contribution in [-0.2, 0) is 22.6 Å². The Balaban J connectivity index is 2.51. The third-order valence-corrected chi connectivity index (χ3v) is 5.55. The average molecular weight is 450 g/mol. The van der Waals surface area contributed by atoms with E-state index in [9.17, 15) is 9.59 Å². The first kappa shape index (κ1) is 24.7. The van der Waals surface area contributed by atoms with Crippen molar-refractivity contribution in [3.05, 3.63) is 33.9 Å². The minimum absolute atomic E-state index is 0.0580. The van der Waals surface area contributed by atoms with E-state index in [0.717, 1.165) is 16.7 Å². The quantitative estimate of drug-likeness (QED) is 0.340. The van der Waals surface area contributed by atoms with E-state index in [4.69, 9.17) is 31.5 Å². The number of esters is 1. The number of carboxylic acids is 1. The molecule has 0 atom stereocenters. The highest BCUT2D eigenvalue weighted by atomic mass is 32.1. The van der Waals surface area contributed by atoms with Crippen LogP contribution in [0, 0.1) is 12.8 Å². The maximum atomic E-state index is 12.6. The molecule has 8 heteroatoms. The molecule has 7 nitrogen and oxygen atoms in total. The predicted molar refractivity (Wildman–Crippen MR) is 122 cm³/mol. The van der Waals surface area contributed by atoms with Gasteiger partial charge >= 0.3 is 11.9 Å². The molecule has 1 aliphatic rings. The van der Waals surface area contributed by atoms with Crippen molar-refractivity contribution in [2.24, 2.45) is 5.92 Å². The Morgan fingerprint density at radius 3 is 2.58 bits per heavy atom. The number of hydrogen-bond acceptors (Lipinski definition) is 6. The van der Waals surface area contributed by atoms with Crippen molar-refractivity contribution in [1.29, 1.82) is 0 Å². The Bertz CT molecular complexity index is 906. The molecular formula is C23H31NO6S. The number of methoxy groups -OCH3 is 1. The van der Waals surface area contributed by atoms with Gasteiger partial charge in [0.2, 0.25) is 0 Å². The smallest absolute Gasteiger partial charge is 0.342 e. The summed E-state index contributed by atoms with van der Waals surface area (Å²) in [6.07, 6.45) is 2.83. The zero-order chi connectivity index (χ0) is 23.3. The molecule has 1 N–H and O–H groups in total. The summed E-state index contributed by atoms with van der Waals surface area (Å²) in [4.78, 5) is 25.2. The second-order valence-corrected chi connectivity index (χ2v) is 8.54. The molecule has 0 fully saturated rings. The molecule has 31 heavy (non-hydrogen) atoms. The van der Waals surface area contributed by atoms with Crippen LogP contribution in [0.4, 0.5) is 0 Å². The third kappa shape index (κ3) is 5.97. The van der Waals surface area contributed by atoms with Gasteiger partial charge in [0.1, 0.15) is 17.9 Å². The normalized spacial score (nSPS) is 13.1. The monoisotopic (exact) mass is 449 g/mol. The lowest BCUT2D eigenvalue weighted by molar-refractivity contribution is -0.136. The standard InChI is InChI=1S/C23H31NO6S/c1-13(2)11-24(5)23(31)30-21-16(9-7-14(3)8-10-18(25)26)20(28-6)15(4)17-12-29-22(27)19(17)21/h7,13H,8-12H2,1-6H3,(H,25,26). The van der Waals surface area contributed by atoms with Gasteiger partial charge in [-0.1, -0.05) is 25.5 Å². The predicted octanol–water partition coefficient (Wildman–Crippen LogP) is 4.28. The highest BCUT2D eigenvalue weighted by molar-refractivity contribution is 7.80. The number of rotatable bonds is 9. The lowest BCUT2D eigenvalue weighted by Gasteiger charge is -2.24. The topological polar surface area (TPSA) is 85.3 Å². The second kappa shape index (κ2) is 10.6. The largest absolute Gasteiger partial charge is 0.496 e. The lowest BCUT2D eigenvalue weighted by atomic mass is 9.94. The molecule has 0 saturated carbocycles. The van der Waals surface area contributed by atoms with E-state index in [1.165, 1.54) is 0 Å². The average Bonchev–Trinajstić information content (AvgIpc) is 3.08. The molecule has 1 aromatic rings. The summed E-state index contributed by atoms with van der Waals surface area (Å²) in [7, 11) is 3.42. The fourth-order valence-electron chi connectivity index (χ4n) is 3.59. The van der Waals surface area contributed by atoms with Gasteiger partial charge in [0.25, 0.3) is 5.17 Å². The molecule has 0 unspecified atom stereocenters. The van der Waals surface area contributed by atoms with Crippen LogP contribution >= 0.6 is 12.2 Å². The van der Waals surface area contributed by atoms with Gasteiger partial charge in [0.15, 0.2) is 5.75 Å². The molecule has 0 saturated heterocycles. The number of fused-ring (bicyclic) bond motifs is 1. The maximum absolute atomic E-state index is 12.6. The number of aliphatic carboxylic acids is 1. The number of carboxylic acid groups (broad SMARTS) is 1. The molecule has 0 radical (unpaired) electrons. The number of allylic oxidation sites excluding steroid dienone is 2. The van der Waals surface area contributed by atoms with Crippen LogP contribution in [0.3, 0.4) is 0 Å². The van der Waals surface area contributed by atoms with Gasteiger partial charge in [-0.25, -0.2) is 4.79 Å².